The molecule has 0 saturated heterocycles. The molecule has 0 N–H and O–H groups in total. The Balaban J connectivity index is 0. The van der Waals surface area contributed by atoms with E-state index in [0.717, 1.165) is 0 Å². The first-order valence-corrected chi connectivity index (χ1v) is 10.1. The Hall–Kier alpha value is -0.520. The highest BCUT2D eigenvalue weighted by atomic mass is 13.9. The van der Waals surface area contributed by atoms with Crippen LogP contribution in [0.3, 0.4) is 0 Å². The number of rotatable bonds is 15. The summed E-state index contributed by atoms with van der Waals surface area (Å²) in [4.78, 5) is 0. The molecule has 0 nitrogen and oxygen atoms in total. The lowest BCUT2D eigenvalue weighted by Gasteiger charge is -1.97. The number of hydrogen-bond acceptors (Lipinski definition) is 0. The summed E-state index contributed by atoms with van der Waals surface area (Å²) in [6.45, 7) is 10.4. The average Bonchev–Trinajstić information content (AvgIpc) is 2.54. The average molecular weight is 309 g/mol. The van der Waals surface area contributed by atoms with E-state index < -0.39 is 0 Å². The first kappa shape index (κ1) is 23.7. The quantitative estimate of drug-likeness (QED) is 0.210. The maximum absolute atomic E-state index is 3.69. The third-order valence-electron chi connectivity index (χ3n) is 3.89. The first-order valence-electron chi connectivity index (χ1n) is 10.1. The lowest BCUT2D eigenvalue weighted by atomic mass is 10.1. The molecule has 0 fully saturated rings. The van der Waals surface area contributed by atoms with Gasteiger partial charge in [0.2, 0.25) is 0 Å². The highest BCUT2D eigenvalue weighted by molar-refractivity contribution is 4.79. The molecule has 0 spiro atoms. The Labute approximate surface area is 142 Å². The van der Waals surface area contributed by atoms with E-state index in [4.69, 9.17) is 0 Å². The lowest BCUT2D eigenvalue weighted by molar-refractivity contribution is 0.611. The predicted molar refractivity (Wildman–Crippen MR) is 106 cm³/mol. The van der Waals surface area contributed by atoms with Gasteiger partial charge in [-0.2, -0.15) is 0 Å². The summed E-state index contributed by atoms with van der Waals surface area (Å²) >= 11 is 0. The van der Waals surface area contributed by atoms with Crippen molar-refractivity contribution in [2.24, 2.45) is 0 Å². The van der Waals surface area contributed by atoms with Gasteiger partial charge in [-0.05, 0) is 32.1 Å². The van der Waals surface area contributed by atoms with Crippen molar-refractivity contribution in [3.05, 3.63) is 24.8 Å². The Bertz CT molecular complexity index is 202. The molecule has 0 heterocycles. The molecule has 0 atom stereocenters. The molecule has 0 bridgehead atoms. The Morgan fingerprint density at radius 3 is 1.45 bits per heavy atom. The normalized spacial score (nSPS) is 10.5. The van der Waals surface area contributed by atoms with Gasteiger partial charge in [0.1, 0.15) is 0 Å². The molecule has 0 aliphatic rings. The van der Waals surface area contributed by atoms with Crippen molar-refractivity contribution in [1.29, 1.82) is 0 Å². The van der Waals surface area contributed by atoms with Crippen LogP contribution in [0.5, 0.6) is 0 Å². The second-order valence-corrected chi connectivity index (χ2v) is 6.28. The fourth-order valence-electron chi connectivity index (χ4n) is 2.40. The van der Waals surface area contributed by atoms with Crippen LogP contribution < -0.4 is 0 Å². The zero-order chi connectivity index (χ0) is 16.7. The molecule has 0 aromatic rings. The molecular formula is C22H44. The van der Waals surface area contributed by atoms with E-state index in [2.05, 4.69) is 39.5 Å². The molecule has 132 valence electrons. The van der Waals surface area contributed by atoms with Crippen LogP contribution in [0.15, 0.2) is 24.8 Å². The minimum Gasteiger partial charge on any atom is -0.103 e. The van der Waals surface area contributed by atoms with E-state index in [9.17, 15) is 0 Å². The van der Waals surface area contributed by atoms with Crippen LogP contribution >= 0.6 is 0 Å². The molecule has 0 heteroatoms. The van der Waals surface area contributed by atoms with E-state index in [-0.39, 0.29) is 0 Å². The van der Waals surface area contributed by atoms with Crippen LogP contribution in [0, 0.1) is 0 Å². The number of unbranched alkanes of at least 4 members (excludes halogenated alkanes) is 12. The van der Waals surface area contributed by atoms with Gasteiger partial charge in [-0.3, -0.25) is 0 Å². The van der Waals surface area contributed by atoms with Crippen LogP contribution in [0.4, 0.5) is 0 Å². The summed E-state index contributed by atoms with van der Waals surface area (Å²) in [5.74, 6) is 0. The molecule has 0 saturated carbocycles. The van der Waals surface area contributed by atoms with Gasteiger partial charge in [0.25, 0.3) is 0 Å². The standard InChI is InChI=1S/C12H24.C10H20/c1-3-5-7-9-11-12-10-8-6-4-2;1-3-5-7-9-10-8-6-4-2/h5,7H,3-4,6,8-12H2,1-2H3;3H,1,4-10H2,2H3. The minimum absolute atomic E-state index is 1.19. The summed E-state index contributed by atoms with van der Waals surface area (Å²) < 4.78 is 0. The summed E-state index contributed by atoms with van der Waals surface area (Å²) in [5.41, 5.74) is 0. The van der Waals surface area contributed by atoms with E-state index in [1.165, 1.54) is 96.3 Å². The van der Waals surface area contributed by atoms with Crippen LogP contribution in [0.1, 0.15) is 117 Å². The zero-order valence-corrected chi connectivity index (χ0v) is 16.0. The van der Waals surface area contributed by atoms with Gasteiger partial charge >= 0.3 is 0 Å². The molecule has 0 amide bonds. The summed E-state index contributed by atoms with van der Waals surface area (Å²) in [7, 11) is 0. The summed E-state index contributed by atoms with van der Waals surface area (Å²) in [6.07, 6.45) is 27.1. The van der Waals surface area contributed by atoms with Crippen LogP contribution in [-0.4, -0.2) is 0 Å². The minimum atomic E-state index is 1.19. The third kappa shape index (κ3) is 27.8. The largest absolute Gasteiger partial charge is 0.103 e. The van der Waals surface area contributed by atoms with Crippen molar-refractivity contribution < 1.29 is 0 Å². The topological polar surface area (TPSA) is 0 Å². The van der Waals surface area contributed by atoms with Gasteiger partial charge in [0, 0.05) is 0 Å². The monoisotopic (exact) mass is 308 g/mol. The van der Waals surface area contributed by atoms with Gasteiger partial charge in [-0.1, -0.05) is 103 Å². The summed E-state index contributed by atoms with van der Waals surface area (Å²) in [6, 6.07) is 0. The fourth-order valence-corrected chi connectivity index (χ4v) is 2.40. The van der Waals surface area contributed by atoms with Crippen molar-refractivity contribution in [3.63, 3.8) is 0 Å². The highest BCUT2D eigenvalue weighted by Gasteiger charge is 1.87. The molecule has 22 heavy (non-hydrogen) atoms. The van der Waals surface area contributed by atoms with Crippen LogP contribution in [0.2, 0.25) is 0 Å². The molecule has 0 unspecified atom stereocenters. The van der Waals surface area contributed by atoms with Gasteiger partial charge in [0.15, 0.2) is 0 Å². The maximum atomic E-state index is 3.69. The van der Waals surface area contributed by atoms with E-state index in [1.807, 2.05) is 6.08 Å². The molecular weight excluding hydrogens is 264 g/mol. The Kier molecular flexibility index (Phi) is 27.4. The van der Waals surface area contributed by atoms with Crippen molar-refractivity contribution in [2.45, 2.75) is 117 Å². The van der Waals surface area contributed by atoms with Gasteiger partial charge in [-0.15, -0.1) is 6.58 Å². The number of hydrogen-bond donors (Lipinski definition) is 0. The van der Waals surface area contributed by atoms with Crippen LogP contribution in [0.25, 0.3) is 0 Å². The molecule has 0 aliphatic heterocycles. The van der Waals surface area contributed by atoms with Crippen molar-refractivity contribution in [2.75, 3.05) is 0 Å². The predicted octanol–water partition coefficient (Wildman–Crippen LogP) is 8.63. The maximum Gasteiger partial charge on any atom is -0.0351 e. The SMILES string of the molecule is C=CCCCCCCCC.CCC=CCCCCCCCC. The molecule has 0 rings (SSSR count). The second-order valence-electron chi connectivity index (χ2n) is 6.28. The van der Waals surface area contributed by atoms with Crippen molar-refractivity contribution in [3.8, 4) is 0 Å². The molecule has 0 radical (unpaired) electrons. The second kappa shape index (κ2) is 25.4. The van der Waals surface area contributed by atoms with E-state index in [0.29, 0.717) is 0 Å². The van der Waals surface area contributed by atoms with Gasteiger partial charge in [-0.25, -0.2) is 0 Å². The zero-order valence-electron chi connectivity index (χ0n) is 16.0. The first-order chi connectivity index (χ1) is 10.8. The smallest absolute Gasteiger partial charge is 0.0351 e. The Morgan fingerprint density at radius 1 is 0.545 bits per heavy atom. The third-order valence-corrected chi connectivity index (χ3v) is 3.89. The van der Waals surface area contributed by atoms with Crippen molar-refractivity contribution in [1.82, 2.24) is 0 Å². The summed E-state index contributed by atoms with van der Waals surface area (Å²) in [5, 5.41) is 0. The Morgan fingerprint density at radius 2 is 1.00 bits per heavy atom. The molecule has 0 aliphatic carbocycles. The van der Waals surface area contributed by atoms with Crippen molar-refractivity contribution >= 4 is 0 Å². The van der Waals surface area contributed by atoms with Crippen LogP contribution in [-0.2, 0) is 0 Å². The number of allylic oxidation sites excluding steroid dienone is 3. The van der Waals surface area contributed by atoms with Gasteiger partial charge in [0.05, 0.1) is 0 Å². The van der Waals surface area contributed by atoms with Gasteiger partial charge < -0.3 is 0 Å². The lowest BCUT2D eigenvalue weighted by Crippen LogP contribution is -1.77. The van der Waals surface area contributed by atoms with E-state index in [1.54, 1.807) is 0 Å². The molecule has 0 aromatic heterocycles. The van der Waals surface area contributed by atoms with E-state index >= 15 is 0 Å². The fraction of sp³-hybridized carbons (Fsp3) is 0.818. The highest BCUT2D eigenvalue weighted by Crippen LogP contribution is 2.07. The molecule has 0 aromatic carbocycles.